The second-order valence-electron chi connectivity index (χ2n) is 6.97. The maximum absolute atomic E-state index is 2.31. The van der Waals surface area contributed by atoms with Crippen molar-refractivity contribution in [3.05, 3.63) is 96.1 Å². The number of hydrogen-bond donors (Lipinski definition) is 0. The number of fused-ring (bicyclic) bond motifs is 9. The van der Waals surface area contributed by atoms with Gasteiger partial charge in [0.25, 0.3) is 0 Å². The molecule has 0 saturated carbocycles. The van der Waals surface area contributed by atoms with Crippen molar-refractivity contribution < 1.29 is 0 Å². The monoisotopic (exact) mass is 316 g/mol. The van der Waals surface area contributed by atoms with Crippen molar-refractivity contribution in [3.63, 3.8) is 0 Å². The summed E-state index contributed by atoms with van der Waals surface area (Å²) >= 11 is 0. The summed E-state index contributed by atoms with van der Waals surface area (Å²) in [6, 6.07) is 31.2. The van der Waals surface area contributed by atoms with E-state index in [1.165, 1.54) is 54.6 Å². The van der Waals surface area contributed by atoms with Crippen LogP contribution in [0.4, 0.5) is 0 Å². The third-order valence-electron chi connectivity index (χ3n) is 5.70. The molecule has 0 N–H and O–H groups in total. The Bertz CT molecular complexity index is 1310. The van der Waals surface area contributed by atoms with Gasteiger partial charge in [0.05, 0.1) is 0 Å². The van der Waals surface area contributed by atoms with Crippen molar-refractivity contribution >= 4 is 32.3 Å². The molecule has 116 valence electrons. The first-order valence-corrected chi connectivity index (χ1v) is 8.84. The molecule has 0 bridgehead atoms. The normalized spacial score (nSPS) is 12.6. The van der Waals surface area contributed by atoms with E-state index in [0.717, 1.165) is 6.42 Å². The molecule has 0 heteroatoms. The van der Waals surface area contributed by atoms with Crippen LogP contribution in [0, 0.1) is 0 Å². The standard InChI is InChI=1S/C25H16/c1-3-7-19-16(5-1)11-13-21-22-14-12-18-10-9-17-6-2-4-8-20(17)25(18)24(22)15-23(19)21/h1-14H,15H2. The van der Waals surface area contributed by atoms with Crippen LogP contribution in [-0.2, 0) is 6.42 Å². The predicted molar refractivity (Wildman–Crippen MR) is 107 cm³/mol. The van der Waals surface area contributed by atoms with E-state index in [0.29, 0.717) is 0 Å². The first-order valence-electron chi connectivity index (χ1n) is 8.84. The minimum Gasteiger partial charge on any atom is -0.0616 e. The lowest BCUT2D eigenvalue weighted by molar-refractivity contribution is 1.31. The van der Waals surface area contributed by atoms with E-state index in [2.05, 4.69) is 84.9 Å². The Morgan fingerprint density at radius 2 is 1.00 bits per heavy atom. The van der Waals surface area contributed by atoms with Gasteiger partial charge in [-0.25, -0.2) is 0 Å². The smallest absolute Gasteiger partial charge is 0.0000892 e. The molecule has 0 radical (unpaired) electrons. The average molecular weight is 316 g/mol. The predicted octanol–water partition coefficient (Wildman–Crippen LogP) is 6.72. The van der Waals surface area contributed by atoms with Crippen LogP contribution in [0.25, 0.3) is 43.4 Å². The van der Waals surface area contributed by atoms with Crippen LogP contribution in [0.1, 0.15) is 11.1 Å². The molecular formula is C25H16. The maximum atomic E-state index is 2.31. The lowest BCUT2D eigenvalue weighted by Crippen LogP contribution is -1.87. The number of rotatable bonds is 0. The van der Waals surface area contributed by atoms with Crippen LogP contribution in [0.5, 0.6) is 0 Å². The van der Waals surface area contributed by atoms with Crippen LogP contribution < -0.4 is 0 Å². The van der Waals surface area contributed by atoms with E-state index in [1.54, 1.807) is 0 Å². The molecule has 0 amide bonds. The van der Waals surface area contributed by atoms with E-state index < -0.39 is 0 Å². The summed E-state index contributed by atoms with van der Waals surface area (Å²) in [5, 5.41) is 8.19. The largest absolute Gasteiger partial charge is 0.0616 e. The highest BCUT2D eigenvalue weighted by Gasteiger charge is 2.23. The highest BCUT2D eigenvalue weighted by atomic mass is 14.3. The van der Waals surface area contributed by atoms with Crippen molar-refractivity contribution in [1.29, 1.82) is 0 Å². The van der Waals surface area contributed by atoms with Gasteiger partial charge in [-0.2, -0.15) is 0 Å². The molecule has 0 aromatic heterocycles. The topological polar surface area (TPSA) is 0 Å². The lowest BCUT2D eigenvalue weighted by Gasteiger charge is -2.09. The van der Waals surface area contributed by atoms with Crippen LogP contribution in [0.15, 0.2) is 84.9 Å². The lowest BCUT2D eigenvalue weighted by atomic mass is 9.94. The van der Waals surface area contributed by atoms with E-state index in [4.69, 9.17) is 0 Å². The molecule has 5 aromatic rings. The zero-order valence-electron chi connectivity index (χ0n) is 13.8. The molecule has 0 heterocycles. The Balaban J connectivity index is 1.76. The first-order chi connectivity index (χ1) is 12.4. The van der Waals surface area contributed by atoms with E-state index in [1.807, 2.05) is 0 Å². The van der Waals surface area contributed by atoms with Gasteiger partial charge in [-0.1, -0.05) is 84.9 Å². The Labute approximate surface area is 146 Å². The Hall–Kier alpha value is -3.12. The highest BCUT2D eigenvalue weighted by molar-refractivity contribution is 6.12. The van der Waals surface area contributed by atoms with Gasteiger partial charge in [-0.15, -0.1) is 0 Å². The van der Waals surface area contributed by atoms with Gasteiger partial charge in [0, 0.05) is 0 Å². The van der Waals surface area contributed by atoms with Gasteiger partial charge in [-0.3, -0.25) is 0 Å². The first kappa shape index (κ1) is 13.2. The minimum atomic E-state index is 1.03. The Morgan fingerprint density at radius 3 is 1.84 bits per heavy atom. The van der Waals surface area contributed by atoms with Gasteiger partial charge < -0.3 is 0 Å². The van der Waals surface area contributed by atoms with Crippen molar-refractivity contribution in [1.82, 2.24) is 0 Å². The van der Waals surface area contributed by atoms with Crippen LogP contribution in [0.2, 0.25) is 0 Å². The molecule has 0 aliphatic heterocycles. The van der Waals surface area contributed by atoms with Crippen molar-refractivity contribution in [2.24, 2.45) is 0 Å². The third-order valence-corrected chi connectivity index (χ3v) is 5.70. The fourth-order valence-electron chi connectivity index (χ4n) is 4.56. The fourth-order valence-corrected chi connectivity index (χ4v) is 4.56. The molecule has 0 saturated heterocycles. The maximum Gasteiger partial charge on any atom is -0.0000892 e. The van der Waals surface area contributed by atoms with Gasteiger partial charge >= 0.3 is 0 Å². The minimum absolute atomic E-state index is 1.03. The zero-order valence-corrected chi connectivity index (χ0v) is 13.8. The summed E-state index contributed by atoms with van der Waals surface area (Å²) in [6.45, 7) is 0. The Morgan fingerprint density at radius 1 is 0.440 bits per heavy atom. The SMILES string of the molecule is c1ccc2c3c(ccc2c1)-c1ccc2ccc4ccccc4c2c1C3. The summed E-state index contributed by atoms with van der Waals surface area (Å²) in [4.78, 5) is 0. The molecule has 0 unspecified atom stereocenters. The van der Waals surface area contributed by atoms with Gasteiger partial charge in [0.1, 0.15) is 0 Å². The van der Waals surface area contributed by atoms with E-state index in [-0.39, 0.29) is 0 Å². The zero-order chi connectivity index (χ0) is 16.4. The fraction of sp³-hybridized carbons (Fsp3) is 0.0400. The van der Waals surface area contributed by atoms with Crippen LogP contribution in [0.3, 0.4) is 0 Å². The van der Waals surface area contributed by atoms with E-state index in [9.17, 15) is 0 Å². The molecule has 0 fully saturated rings. The van der Waals surface area contributed by atoms with Crippen molar-refractivity contribution in [2.75, 3.05) is 0 Å². The molecule has 1 aliphatic carbocycles. The molecule has 6 rings (SSSR count). The number of benzene rings is 5. The second kappa shape index (κ2) is 4.70. The molecule has 0 atom stereocenters. The Kier molecular flexibility index (Phi) is 2.48. The van der Waals surface area contributed by atoms with Crippen LogP contribution in [-0.4, -0.2) is 0 Å². The highest BCUT2D eigenvalue weighted by Crippen LogP contribution is 2.44. The van der Waals surface area contributed by atoms with Crippen molar-refractivity contribution in [2.45, 2.75) is 6.42 Å². The quantitative estimate of drug-likeness (QED) is 0.273. The summed E-state index contributed by atoms with van der Waals surface area (Å²) < 4.78 is 0. The molecular weight excluding hydrogens is 300 g/mol. The van der Waals surface area contributed by atoms with E-state index >= 15 is 0 Å². The number of hydrogen-bond acceptors (Lipinski definition) is 0. The van der Waals surface area contributed by atoms with Crippen molar-refractivity contribution in [3.8, 4) is 11.1 Å². The van der Waals surface area contributed by atoms with Gasteiger partial charge in [0.15, 0.2) is 0 Å². The van der Waals surface area contributed by atoms with Gasteiger partial charge in [-0.05, 0) is 61.0 Å². The third kappa shape index (κ3) is 1.71. The molecule has 0 spiro atoms. The summed E-state index contributed by atoms with van der Waals surface area (Å²) in [7, 11) is 0. The summed E-state index contributed by atoms with van der Waals surface area (Å²) in [5.41, 5.74) is 5.78. The summed E-state index contributed by atoms with van der Waals surface area (Å²) in [6.07, 6.45) is 1.03. The molecule has 25 heavy (non-hydrogen) atoms. The molecule has 5 aromatic carbocycles. The van der Waals surface area contributed by atoms with Gasteiger partial charge in [0.2, 0.25) is 0 Å². The molecule has 0 nitrogen and oxygen atoms in total. The van der Waals surface area contributed by atoms with Crippen LogP contribution >= 0.6 is 0 Å². The average Bonchev–Trinajstić information content (AvgIpc) is 3.07. The summed E-state index contributed by atoms with van der Waals surface area (Å²) in [5.74, 6) is 0. The molecule has 1 aliphatic rings. The second-order valence-corrected chi connectivity index (χ2v) is 6.97.